The van der Waals surface area contributed by atoms with E-state index in [2.05, 4.69) is 158 Å². The third-order valence-corrected chi connectivity index (χ3v) is 15.3. The molecule has 16 heteroatoms. The summed E-state index contributed by atoms with van der Waals surface area (Å²) in [6.45, 7) is 44.4. The molecular formula is C59H82N8O6S2. The summed E-state index contributed by atoms with van der Waals surface area (Å²) in [5.41, 5.74) is 15.8. The largest absolute Gasteiger partial charge is 0.464 e. The number of ether oxygens (including phenoxy) is 1. The molecular weight excluding hydrogens is 981 g/mol. The third-order valence-electron chi connectivity index (χ3n) is 12.9. The maximum absolute atomic E-state index is 11.5. The van der Waals surface area contributed by atoms with E-state index in [4.69, 9.17) is 15.0 Å². The zero-order chi connectivity index (χ0) is 56.3. The highest BCUT2D eigenvalue weighted by Gasteiger charge is 2.39. The van der Waals surface area contributed by atoms with Gasteiger partial charge in [0.15, 0.2) is 11.8 Å². The highest BCUT2D eigenvalue weighted by atomic mass is 32.2. The van der Waals surface area contributed by atoms with Gasteiger partial charge in [-0.05, 0) is 73.1 Å². The fraction of sp³-hybridized carbons (Fsp3) is 0.508. The van der Waals surface area contributed by atoms with Gasteiger partial charge >= 0.3 is 5.97 Å². The molecule has 406 valence electrons. The number of nitrogens with zero attached hydrogens (tertiary/aromatic N) is 6. The minimum atomic E-state index is -0.953. The SMILES string of the molecule is C=C1C(C(C)(C)C)c2cc(C)ccc2N1CC.CC(C)(C)c1ccn(C2CCOC2=O)n1.CC(C)(C)c1nc2c(s1)C(=O)NC2.CS(=O)c1ccc2c(C(C)(C)C)ccnc2c1.Cc1noc(C(C)(C)C)c1C(N)=O. The maximum Gasteiger partial charge on any atom is 0.331 e. The molecule has 75 heavy (non-hydrogen) atoms. The summed E-state index contributed by atoms with van der Waals surface area (Å²) in [7, 11) is -0.953. The molecule has 2 amide bonds. The molecule has 3 aliphatic rings. The fourth-order valence-electron chi connectivity index (χ4n) is 8.96. The van der Waals surface area contributed by atoms with E-state index in [0.717, 1.165) is 50.0 Å². The van der Waals surface area contributed by atoms with E-state index in [0.29, 0.717) is 36.1 Å². The van der Waals surface area contributed by atoms with Gasteiger partial charge in [-0.2, -0.15) is 5.10 Å². The Morgan fingerprint density at radius 3 is 2.05 bits per heavy atom. The number of cyclic esters (lactones) is 1. The van der Waals surface area contributed by atoms with Crippen molar-refractivity contribution < 1.29 is 27.9 Å². The van der Waals surface area contributed by atoms with Gasteiger partial charge in [-0.15, -0.1) is 11.3 Å². The Morgan fingerprint density at radius 1 is 0.893 bits per heavy atom. The number of nitrogens with two attached hydrogens (primary N) is 1. The number of amides is 2. The van der Waals surface area contributed by atoms with Gasteiger partial charge in [-0.1, -0.05) is 139 Å². The number of rotatable bonds is 4. The molecule has 14 nitrogen and oxygen atoms in total. The van der Waals surface area contributed by atoms with Crippen LogP contribution in [0.5, 0.6) is 0 Å². The Hall–Kier alpha value is -6.00. The van der Waals surface area contributed by atoms with Crippen LogP contribution in [0.4, 0.5) is 5.69 Å². The van der Waals surface area contributed by atoms with Gasteiger partial charge in [0, 0.05) is 86.2 Å². The van der Waals surface area contributed by atoms with Crippen molar-refractivity contribution in [2.24, 2.45) is 11.1 Å². The first-order valence-electron chi connectivity index (χ1n) is 25.6. The molecule has 1 fully saturated rings. The second-order valence-electron chi connectivity index (χ2n) is 24.6. The number of benzene rings is 2. The van der Waals surface area contributed by atoms with Gasteiger partial charge in [0.25, 0.3) is 11.8 Å². The first-order valence-corrected chi connectivity index (χ1v) is 28.0. The summed E-state index contributed by atoms with van der Waals surface area (Å²) in [4.78, 5) is 46.5. The normalized spacial score (nSPS) is 16.7. The van der Waals surface area contributed by atoms with E-state index < -0.39 is 16.7 Å². The van der Waals surface area contributed by atoms with Crippen molar-refractivity contribution in [3.8, 4) is 0 Å². The van der Waals surface area contributed by atoms with Gasteiger partial charge < -0.3 is 25.2 Å². The Morgan fingerprint density at radius 2 is 1.56 bits per heavy atom. The standard InChI is InChI=1S/C16H23N.C14H17NOS.C11H16N2O2.C9H14N2O2.C9H12N2OS/c1-7-17-12(3)15(16(4,5)6)13-10-11(2)8-9-14(13)17;1-14(2,3)12-7-8-15-13-9-10(17(4)16)5-6-11(12)13;1-11(2,3)9-4-6-13(12-9)8-5-7-15-10(8)14;1-5-6(8(10)12)7(13-11-5)9(2,3)4;1-9(2,3)8-11-5-4-10-7(12)6(5)13-8/h8-10,15H,3,7H2,1-2,4-6H3;5-9H,1-4H3;4,6,8H,5,7H2,1-3H3;1-4H3,(H2,10,12);4H2,1-3H3,(H,10,12). The molecule has 0 saturated carbocycles. The minimum absolute atomic E-state index is 0.0216. The topological polar surface area (TPSA) is 188 Å². The maximum atomic E-state index is 11.5. The summed E-state index contributed by atoms with van der Waals surface area (Å²) in [5, 5.41) is 13.1. The summed E-state index contributed by atoms with van der Waals surface area (Å²) in [6, 6.07) is 16.4. The molecule has 6 aromatic rings. The van der Waals surface area contributed by atoms with Crippen molar-refractivity contribution in [2.75, 3.05) is 24.3 Å². The molecule has 2 aromatic carbocycles. The average molecular weight is 1060 g/mol. The van der Waals surface area contributed by atoms with Gasteiger partial charge in [0.2, 0.25) is 0 Å². The van der Waals surface area contributed by atoms with Crippen LogP contribution in [0.15, 0.2) is 82.6 Å². The van der Waals surface area contributed by atoms with Gasteiger partial charge in [0.05, 0.1) is 40.8 Å². The number of primary amides is 1. The number of likely N-dealkylation sites (N-methyl/N-ethyl adjacent to an activating group) is 1. The van der Waals surface area contributed by atoms with Gasteiger partial charge in [-0.25, -0.2) is 9.78 Å². The Balaban J connectivity index is 0.000000174. The van der Waals surface area contributed by atoms with E-state index in [1.165, 1.54) is 39.4 Å². The van der Waals surface area contributed by atoms with Crippen LogP contribution in [0.3, 0.4) is 0 Å². The summed E-state index contributed by atoms with van der Waals surface area (Å²) in [6.07, 6.45) is 6.10. The number of nitrogens with one attached hydrogen (secondary N) is 1. The summed E-state index contributed by atoms with van der Waals surface area (Å²) >= 11 is 1.51. The molecule has 0 aliphatic carbocycles. The highest BCUT2D eigenvalue weighted by Crippen LogP contribution is 2.51. The quantitative estimate of drug-likeness (QED) is 0.160. The van der Waals surface area contributed by atoms with Crippen molar-refractivity contribution in [3.63, 3.8) is 0 Å². The molecule has 3 unspecified atom stereocenters. The molecule has 1 saturated heterocycles. The van der Waals surface area contributed by atoms with E-state index in [1.807, 2.05) is 57.4 Å². The number of fused-ring (bicyclic) bond motifs is 3. The molecule has 9 rings (SSSR count). The number of anilines is 1. The van der Waals surface area contributed by atoms with E-state index in [9.17, 15) is 18.6 Å². The molecule has 0 spiro atoms. The second-order valence-corrected chi connectivity index (χ2v) is 26.9. The lowest BCUT2D eigenvalue weighted by atomic mass is 9.76. The van der Waals surface area contributed by atoms with Crippen LogP contribution in [0.2, 0.25) is 0 Å². The minimum Gasteiger partial charge on any atom is -0.464 e. The zero-order valence-electron chi connectivity index (χ0n) is 48.0. The number of aromatic nitrogens is 5. The number of hydrogen-bond donors (Lipinski definition) is 2. The van der Waals surface area contributed by atoms with Crippen LogP contribution in [-0.4, -0.2) is 66.3 Å². The number of hydrogen-bond acceptors (Lipinski definition) is 12. The predicted octanol–water partition coefficient (Wildman–Crippen LogP) is 12.5. The number of aryl methyl sites for hydroxylation is 2. The lowest BCUT2D eigenvalue weighted by molar-refractivity contribution is -0.140. The van der Waals surface area contributed by atoms with Crippen LogP contribution < -0.4 is 16.0 Å². The fourth-order valence-corrected chi connectivity index (χ4v) is 10.6. The van der Waals surface area contributed by atoms with Crippen LogP contribution in [0, 0.1) is 19.3 Å². The van der Waals surface area contributed by atoms with Gasteiger partial charge in [-0.3, -0.25) is 23.5 Å². The first-order chi connectivity index (χ1) is 34.6. The molecule has 0 bridgehead atoms. The molecule has 3 N–H and O–H groups in total. The van der Waals surface area contributed by atoms with Gasteiger partial charge in [0.1, 0.15) is 10.4 Å². The summed E-state index contributed by atoms with van der Waals surface area (Å²) in [5.74, 6) is 0.375. The Bertz CT molecular complexity index is 3060. The number of allylic oxidation sites excluding steroid dienone is 1. The molecule has 0 radical (unpaired) electrons. The van der Waals surface area contributed by atoms with Crippen LogP contribution in [0.1, 0.15) is 194 Å². The van der Waals surface area contributed by atoms with E-state index in [1.54, 1.807) is 17.9 Å². The molecule has 7 heterocycles. The highest BCUT2D eigenvalue weighted by molar-refractivity contribution is 7.84. The zero-order valence-corrected chi connectivity index (χ0v) is 49.6. The number of pyridine rings is 1. The van der Waals surface area contributed by atoms with E-state index >= 15 is 0 Å². The Kier molecular flexibility index (Phi) is 18.4. The number of thiazole rings is 1. The summed E-state index contributed by atoms with van der Waals surface area (Å²) < 4.78 is 23.2. The predicted molar refractivity (Wildman–Crippen MR) is 304 cm³/mol. The van der Waals surface area contributed by atoms with Crippen molar-refractivity contribution in [3.05, 3.63) is 128 Å². The monoisotopic (exact) mass is 1060 g/mol. The lowest BCUT2D eigenvalue weighted by Crippen LogP contribution is -2.23. The lowest BCUT2D eigenvalue weighted by Gasteiger charge is -2.30. The molecule has 4 aromatic heterocycles. The number of esters is 1. The number of carbonyl (C=O) groups is 3. The second kappa shape index (κ2) is 23.1. The van der Waals surface area contributed by atoms with Crippen molar-refractivity contribution in [1.82, 2.24) is 30.2 Å². The average Bonchev–Trinajstić information content (AvgIpc) is 4.16. The Labute approximate surface area is 452 Å². The van der Waals surface area contributed by atoms with Crippen LogP contribution >= 0.6 is 11.3 Å². The van der Waals surface area contributed by atoms with E-state index in [-0.39, 0.29) is 45.0 Å². The first kappa shape index (κ1) is 59.9. The van der Waals surface area contributed by atoms with Crippen LogP contribution in [-0.2, 0) is 48.5 Å². The van der Waals surface area contributed by atoms with Crippen molar-refractivity contribution in [2.45, 2.75) is 176 Å². The third kappa shape index (κ3) is 14.5. The van der Waals surface area contributed by atoms with Crippen molar-refractivity contribution in [1.29, 1.82) is 0 Å². The number of carbonyl (C=O) groups excluding carboxylic acids is 3. The molecule has 3 aliphatic heterocycles. The molecule has 3 atom stereocenters. The smallest absolute Gasteiger partial charge is 0.331 e. The van der Waals surface area contributed by atoms with Crippen LogP contribution in [0.25, 0.3) is 10.9 Å². The van der Waals surface area contributed by atoms with Crippen molar-refractivity contribution >= 4 is 56.5 Å².